The third kappa shape index (κ3) is 2.40. The first kappa shape index (κ1) is 12.8. The van der Waals surface area contributed by atoms with Gasteiger partial charge in [-0.05, 0) is 53.1 Å². The number of hydrogen-bond acceptors (Lipinski definition) is 2. The van der Waals surface area contributed by atoms with E-state index < -0.39 is 0 Å². The van der Waals surface area contributed by atoms with Gasteiger partial charge in [0.25, 0.3) is 0 Å². The lowest BCUT2D eigenvalue weighted by atomic mass is 9.97. The summed E-state index contributed by atoms with van der Waals surface area (Å²) >= 11 is 0. The first-order chi connectivity index (χ1) is 10.3. The van der Waals surface area contributed by atoms with Crippen molar-refractivity contribution in [3.05, 3.63) is 69.8 Å². The number of ketones is 1. The molecule has 2 aliphatic rings. The summed E-state index contributed by atoms with van der Waals surface area (Å²) in [6.07, 6.45) is 4.09. The number of carbonyl (C=O) groups is 1. The summed E-state index contributed by atoms with van der Waals surface area (Å²) in [5.74, 6) is 0.197. The van der Waals surface area contributed by atoms with Crippen LogP contribution in [0, 0.1) is 0 Å². The van der Waals surface area contributed by atoms with Crippen LogP contribution in [0.1, 0.15) is 44.6 Å². The number of hydrogen-bond donors (Lipinski definition) is 0. The zero-order chi connectivity index (χ0) is 14.2. The maximum absolute atomic E-state index is 12.5. The minimum Gasteiger partial charge on any atom is -0.372 e. The molecule has 0 saturated carbocycles. The van der Waals surface area contributed by atoms with Gasteiger partial charge < -0.3 is 4.74 Å². The van der Waals surface area contributed by atoms with E-state index in [0.29, 0.717) is 19.6 Å². The molecular weight excluding hydrogens is 260 g/mol. The first-order valence-corrected chi connectivity index (χ1v) is 7.63. The van der Waals surface area contributed by atoms with E-state index in [-0.39, 0.29) is 5.78 Å². The van der Waals surface area contributed by atoms with Crippen molar-refractivity contribution in [2.24, 2.45) is 0 Å². The van der Waals surface area contributed by atoms with Crippen LogP contribution >= 0.6 is 0 Å². The summed E-state index contributed by atoms with van der Waals surface area (Å²) in [5.41, 5.74) is 7.21. The second kappa shape index (κ2) is 5.12. The molecule has 0 spiro atoms. The van der Waals surface area contributed by atoms with Crippen LogP contribution in [0.15, 0.2) is 36.4 Å². The van der Waals surface area contributed by atoms with E-state index >= 15 is 0 Å². The van der Waals surface area contributed by atoms with Crippen LogP contribution in [0.2, 0.25) is 0 Å². The van der Waals surface area contributed by atoms with E-state index in [1.54, 1.807) is 0 Å². The van der Waals surface area contributed by atoms with Gasteiger partial charge >= 0.3 is 0 Å². The summed E-state index contributed by atoms with van der Waals surface area (Å²) in [7, 11) is 0. The van der Waals surface area contributed by atoms with E-state index in [0.717, 1.165) is 23.1 Å². The number of ether oxygens (including phenoxy) is 1. The lowest BCUT2D eigenvalue weighted by Crippen LogP contribution is -2.05. The van der Waals surface area contributed by atoms with Crippen LogP contribution in [0.3, 0.4) is 0 Å². The molecular formula is C19H18O2. The standard InChI is InChI=1S/C19H18O2/c20-19(16-6-7-17-11-21-12-18(17)10-16)9-13-4-5-14-2-1-3-15(14)8-13/h4-8,10H,1-3,9,11-12H2. The molecule has 0 unspecified atom stereocenters. The fraction of sp³-hybridized carbons (Fsp3) is 0.316. The molecule has 106 valence electrons. The Hall–Kier alpha value is -1.93. The number of carbonyl (C=O) groups excluding carboxylic acids is 1. The van der Waals surface area contributed by atoms with Crippen LogP contribution in [-0.2, 0) is 37.2 Å². The Balaban J connectivity index is 1.55. The van der Waals surface area contributed by atoms with Crippen LogP contribution in [0.25, 0.3) is 0 Å². The lowest BCUT2D eigenvalue weighted by Gasteiger charge is -2.06. The molecule has 21 heavy (non-hydrogen) atoms. The number of benzene rings is 2. The largest absolute Gasteiger partial charge is 0.372 e. The van der Waals surface area contributed by atoms with Gasteiger partial charge in [0, 0.05) is 12.0 Å². The SMILES string of the molecule is O=C(Cc1ccc2c(c1)CCC2)c1ccc2c(c1)COC2. The summed E-state index contributed by atoms with van der Waals surface area (Å²) in [6, 6.07) is 12.5. The van der Waals surface area contributed by atoms with Crippen molar-refractivity contribution in [3.63, 3.8) is 0 Å². The summed E-state index contributed by atoms with van der Waals surface area (Å²) in [4.78, 5) is 12.5. The van der Waals surface area contributed by atoms with Gasteiger partial charge in [-0.2, -0.15) is 0 Å². The molecule has 0 fully saturated rings. The Labute approximate surface area is 124 Å². The highest BCUT2D eigenvalue weighted by molar-refractivity contribution is 5.97. The van der Waals surface area contributed by atoms with Crippen molar-refractivity contribution in [1.82, 2.24) is 0 Å². The Bertz CT molecular complexity index is 716. The average Bonchev–Trinajstić information content (AvgIpc) is 3.14. The Kier molecular flexibility index (Phi) is 3.12. The zero-order valence-electron chi connectivity index (χ0n) is 12.0. The van der Waals surface area contributed by atoms with Gasteiger partial charge in [-0.15, -0.1) is 0 Å². The highest BCUT2D eigenvalue weighted by atomic mass is 16.5. The van der Waals surface area contributed by atoms with Gasteiger partial charge in [0.2, 0.25) is 0 Å². The van der Waals surface area contributed by atoms with Gasteiger partial charge in [0.15, 0.2) is 5.78 Å². The third-order valence-electron chi connectivity index (χ3n) is 4.57. The van der Waals surface area contributed by atoms with Gasteiger partial charge in [-0.1, -0.05) is 30.3 Å². The molecule has 0 radical (unpaired) electrons. The van der Waals surface area contributed by atoms with Crippen molar-refractivity contribution in [2.45, 2.75) is 38.9 Å². The van der Waals surface area contributed by atoms with E-state index in [1.807, 2.05) is 18.2 Å². The predicted molar refractivity (Wildman–Crippen MR) is 81.4 cm³/mol. The van der Waals surface area contributed by atoms with E-state index in [9.17, 15) is 4.79 Å². The predicted octanol–water partition coefficient (Wildman–Crippen LogP) is 3.63. The van der Waals surface area contributed by atoms with Crippen LogP contribution in [-0.4, -0.2) is 5.78 Å². The molecule has 1 aliphatic carbocycles. The van der Waals surface area contributed by atoms with Crippen LogP contribution < -0.4 is 0 Å². The molecule has 0 saturated heterocycles. The van der Waals surface area contributed by atoms with E-state index in [2.05, 4.69) is 18.2 Å². The first-order valence-electron chi connectivity index (χ1n) is 7.63. The molecule has 0 N–H and O–H groups in total. The van der Waals surface area contributed by atoms with Crippen molar-refractivity contribution in [2.75, 3.05) is 0 Å². The fourth-order valence-electron chi connectivity index (χ4n) is 3.37. The second-order valence-corrected chi connectivity index (χ2v) is 6.03. The number of fused-ring (bicyclic) bond motifs is 2. The molecule has 4 rings (SSSR count). The van der Waals surface area contributed by atoms with Gasteiger partial charge in [-0.3, -0.25) is 4.79 Å². The Morgan fingerprint density at radius 2 is 1.71 bits per heavy atom. The minimum atomic E-state index is 0.197. The maximum atomic E-state index is 12.5. The third-order valence-corrected chi connectivity index (χ3v) is 4.57. The molecule has 2 nitrogen and oxygen atoms in total. The Morgan fingerprint density at radius 3 is 2.67 bits per heavy atom. The number of aryl methyl sites for hydroxylation is 2. The molecule has 1 heterocycles. The molecule has 2 aromatic carbocycles. The average molecular weight is 278 g/mol. The monoisotopic (exact) mass is 278 g/mol. The van der Waals surface area contributed by atoms with Gasteiger partial charge in [-0.25, -0.2) is 0 Å². The van der Waals surface area contributed by atoms with Crippen molar-refractivity contribution < 1.29 is 9.53 Å². The van der Waals surface area contributed by atoms with Crippen molar-refractivity contribution in [3.8, 4) is 0 Å². The fourth-order valence-corrected chi connectivity index (χ4v) is 3.37. The molecule has 0 atom stereocenters. The van der Waals surface area contributed by atoms with Crippen molar-refractivity contribution in [1.29, 1.82) is 0 Å². The highest BCUT2D eigenvalue weighted by Gasteiger charge is 2.16. The van der Waals surface area contributed by atoms with Gasteiger partial charge in [0.05, 0.1) is 13.2 Å². The van der Waals surface area contributed by atoms with Crippen molar-refractivity contribution >= 4 is 5.78 Å². The molecule has 1 aliphatic heterocycles. The molecule has 0 bridgehead atoms. The smallest absolute Gasteiger partial charge is 0.167 e. The van der Waals surface area contributed by atoms with Crippen LogP contribution in [0.5, 0.6) is 0 Å². The molecule has 2 aromatic rings. The maximum Gasteiger partial charge on any atom is 0.167 e. The van der Waals surface area contributed by atoms with Gasteiger partial charge in [0.1, 0.15) is 0 Å². The lowest BCUT2D eigenvalue weighted by molar-refractivity contribution is 0.0993. The Morgan fingerprint density at radius 1 is 0.905 bits per heavy atom. The van der Waals surface area contributed by atoms with E-state index in [1.165, 1.54) is 29.5 Å². The van der Waals surface area contributed by atoms with Crippen LogP contribution in [0.4, 0.5) is 0 Å². The van der Waals surface area contributed by atoms with E-state index in [4.69, 9.17) is 4.74 Å². The topological polar surface area (TPSA) is 26.3 Å². The minimum absolute atomic E-state index is 0.197. The number of rotatable bonds is 3. The summed E-state index contributed by atoms with van der Waals surface area (Å²) in [6.45, 7) is 1.31. The quantitative estimate of drug-likeness (QED) is 0.801. The second-order valence-electron chi connectivity index (χ2n) is 6.03. The molecule has 0 amide bonds. The number of Topliss-reactive ketones (excluding diaryl/α,β-unsaturated/α-hetero) is 1. The molecule has 2 heteroatoms. The normalized spacial score (nSPS) is 15.8. The zero-order valence-corrected chi connectivity index (χ0v) is 12.0. The summed E-state index contributed by atoms with van der Waals surface area (Å²) in [5, 5.41) is 0. The highest BCUT2D eigenvalue weighted by Crippen LogP contribution is 2.24. The molecule has 0 aromatic heterocycles. The summed E-state index contributed by atoms with van der Waals surface area (Å²) < 4.78 is 5.41.